The lowest BCUT2D eigenvalue weighted by molar-refractivity contribution is -0.320. The molecule has 0 saturated heterocycles. The Balaban J connectivity index is 2.68. The van der Waals surface area contributed by atoms with E-state index in [-0.39, 0.29) is 17.3 Å². The number of halogens is 9. The molecule has 0 radical (unpaired) electrons. The molecule has 1 aromatic carbocycles. The Morgan fingerprint density at radius 2 is 1.32 bits per heavy atom. The van der Waals surface area contributed by atoms with Crippen LogP contribution in [-0.4, -0.2) is 34.8 Å². The van der Waals surface area contributed by atoms with Crippen LogP contribution in [0.4, 0.5) is 39.5 Å². The van der Waals surface area contributed by atoms with Gasteiger partial charge < -0.3 is 0 Å². The zero-order valence-corrected chi connectivity index (χ0v) is 13.0. The van der Waals surface area contributed by atoms with Crippen LogP contribution in [-0.2, 0) is 0 Å². The number of thioether (sulfide) groups is 1. The Morgan fingerprint density at radius 3 is 1.80 bits per heavy atom. The second kappa shape index (κ2) is 7.46. The monoisotopic (exact) mass is 398 g/mol. The summed E-state index contributed by atoms with van der Waals surface area (Å²) in [4.78, 5) is 11.6. The van der Waals surface area contributed by atoms with Crippen molar-refractivity contribution in [2.75, 3.05) is 5.75 Å². The summed E-state index contributed by atoms with van der Waals surface area (Å²) in [5.74, 6) is -17.6. The molecule has 0 bridgehead atoms. The Morgan fingerprint density at radius 1 is 0.800 bits per heavy atom. The van der Waals surface area contributed by atoms with Crippen LogP contribution in [0.3, 0.4) is 0 Å². The van der Waals surface area contributed by atoms with E-state index in [1.807, 2.05) is 0 Å². The van der Waals surface area contributed by atoms with Crippen LogP contribution < -0.4 is 0 Å². The van der Waals surface area contributed by atoms with Gasteiger partial charge in [-0.1, -0.05) is 42.1 Å². The van der Waals surface area contributed by atoms with Crippen molar-refractivity contribution in [2.45, 2.75) is 36.8 Å². The largest absolute Gasteiger partial charge is 0.453 e. The summed E-state index contributed by atoms with van der Waals surface area (Å²) in [5.41, 5.74) is 0.103. The highest BCUT2D eigenvalue weighted by atomic mass is 32.2. The molecule has 1 nitrogen and oxygen atoms in total. The van der Waals surface area contributed by atoms with Gasteiger partial charge in [-0.05, 0) is 0 Å². The van der Waals surface area contributed by atoms with Crippen LogP contribution in [0.2, 0.25) is 0 Å². The van der Waals surface area contributed by atoms with Crippen molar-refractivity contribution in [1.82, 2.24) is 0 Å². The van der Waals surface area contributed by atoms with Crippen molar-refractivity contribution in [3.8, 4) is 0 Å². The molecule has 0 aromatic heterocycles. The molecule has 0 fully saturated rings. The number of carbonyl (C=O) groups excluding carboxylic acids is 1. The molecule has 0 aliphatic heterocycles. The Labute approximate surface area is 140 Å². The fraction of sp³-hybridized carbons (Fsp3) is 0.500. The molecule has 1 aromatic rings. The van der Waals surface area contributed by atoms with E-state index in [0.29, 0.717) is 0 Å². The van der Waals surface area contributed by atoms with E-state index in [2.05, 4.69) is 0 Å². The number of rotatable bonds is 7. The van der Waals surface area contributed by atoms with Gasteiger partial charge in [0.2, 0.25) is 5.12 Å². The van der Waals surface area contributed by atoms with Crippen LogP contribution in [0.1, 0.15) is 23.2 Å². The van der Waals surface area contributed by atoms with Gasteiger partial charge in [-0.2, -0.15) is 39.5 Å². The van der Waals surface area contributed by atoms with E-state index in [0.717, 1.165) is 0 Å². The van der Waals surface area contributed by atoms with Crippen LogP contribution in [0.25, 0.3) is 0 Å². The van der Waals surface area contributed by atoms with Crippen LogP contribution in [0, 0.1) is 0 Å². The summed E-state index contributed by atoms with van der Waals surface area (Å²) in [6.45, 7) is 0. The van der Waals surface area contributed by atoms with Gasteiger partial charge in [0.15, 0.2) is 0 Å². The van der Waals surface area contributed by atoms with E-state index >= 15 is 0 Å². The normalized spacial score (nSPS) is 13.8. The zero-order chi connectivity index (χ0) is 19.5. The summed E-state index contributed by atoms with van der Waals surface area (Å²) in [5, 5.41) is -0.722. The average Bonchev–Trinajstić information content (AvgIpc) is 2.45. The lowest BCUT2D eigenvalue weighted by Crippen LogP contribution is -2.49. The molecular formula is C14H11F9OS. The second-order valence-corrected chi connectivity index (χ2v) is 6.11. The van der Waals surface area contributed by atoms with Gasteiger partial charge in [0, 0.05) is 17.7 Å². The highest BCUT2D eigenvalue weighted by Gasteiger charge is 2.67. The fourth-order valence-corrected chi connectivity index (χ4v) is 2.47. The number of hydrogen-bond acceptors (Lipinski definition) is 2. The highest BCUT2D eigenvalue weighted by Crippen LogP contribution is 2.49. The van der Waals surface area contributed by atoms with Crippen molar-refractivity contribution in [2.24, 2.45) is 0 Å². The summed E-state index contributed by atoms with van der Waals surface area (Å²) in [6.07, 6.45) is -11.5. The molecule has 142 valence electrons. The van der Waals surface area contributed by atoms with Crippen LogP contribution in [0.5, 0.6) is 0 Å². The predicted octanol–water partition coefficient (Wildman–Crippen LogP) is 5.81. The van der Waals surface area contributed by atoms with Crippen molar-refractivity contribution >= 4 is 16.9 Å². The summed E-state index contributed by atoms with van der Waals surface area (Å²) in [6, 6.07) is 7.18. The molecule has 0 unspecified atom stereocenters. The molecule has 0 spiro atoms. The van der Waals surface area contributed by atoms with Gasteiger partial charge in [0.25, 0.3) is 0 Å². The predicted molar refractivity (Wildman–Crippen MR) is 73.4 cm³/mol. The third-order valence-corrected chi connectivity index (χ3v) is 3.96. The minimum atomic E-state index is -6.37. The van der Waals surface area contributed by atoms with E-state index < -0.39 is 47.7 Å². The van der Waals surface area contributed by atoms with Crippen molar-refractivity contribution in [3.05, 3.63) is 35.9 Å². The van der Waals surface area contributed by atoms with E-state index in [1.54, 1.807) is 6.07 Å². The smallest absolute Gasteiger partial charge is 0.282 e. The maximum Gasteiger partial charge on any atom is 0.453 e. The minimum absolute atomic E-state index is 0.103. The summed E-state index contributed by atoms with van der Waals surface area (Å²) in [7, 11) is 0. The maximum atomic E-state index is 13.4. The molecule has 0 atom stereocenters. The van der Waals surface area contributed by atoms with Gasteiger partial charge in [-0.3, -0.25) is 4.79 Å². The van der Waals surface area contributed by atoms with Crippen molar-refractivity contribution in [3.63, 3.8) is 0 Å². The zero-order valence-electron chi connectivity index (χ0n) is 12.2. The highest BCUT2D eigenvalue weighted by molar-refractivity contribution is 8.14. The Kier molecular flexibility index (Phi) is 6.47. The lowest BCUT2D eigenvalue weighted by atomic mass is 10.0. The molecule has 0 N–H and O–H groups in total. The first-order valence-electron chi connectivity index (χ1n) is 6.62. The van der Waals surface area contributed by atoms with E-state index in [9.17, 15) is 44.3 Å². The topological polar surface area (TPSA) is 17.1 Å². The minimum Gasteiger partial charge on any atom is -0.282 e. The molecule has 11 heteroatoms. The van der Waals surface area contributed by atoms with Crippen LogP contribution >= 0.6 is 11.8 Å². The van der Waals surface area contributed by atoms with Gasteiger partial charge in [-0.15, -0.1) is 0 Å². The van der Waals surface area contributed by atoms with E-state index in [1.165, 1.54) is 24.3 Å². The standard InChI is InChI=1S/C14H11F9OS/c15-11(16,12(17,18)8-13(19,20)14(21,22)23)6-7-25-10(24)9-4-2-1-3-5-9/h1-5H,6-8H2. The lowest BCUT2D eigenvalue weighted by Gasteiger charge is -2.30. The molecule has 0 aliphatic rings. The van der Waals surface area contributed by atoms with Crippen molar-refractivity contribution < 1.29 is 44.3 Å². The number of alkyl halides is 9. The molecule has 0 saturated carbocycles. The first-order chi connectivity index (χ1) is 11.2. The molecule has 0 heterocycles. The quantitative estimate of drug-likeness (QED) is 0.540. The number of carbonyl (C=O) groups is 1. The summed E-state index contributed by atoms with van der Waals surface area (Å²) >= 11 is 0.234. The second-order valence-electron chi connectivity index (χ2n) is 5.04. The SMILES string of the molecule is O=C(SCCC(F)(F)C(F)(F)CC(F)(F)C(F)(F)F)c1ccccc1. The molecule has 0 amide bonds. The van der Waals surface area contributed by atoms with Gasteiger partial charge >= 0.3 is 23.9 Å². The average molecular weight is 398 g/mol. The number of hydrogen-bond donors (Lipinski definition) is 0. The Bertz CT molecular complexity index is 584. The van der Waals surface area contributed by atoms with Crippen LogP contribution in [0.15, 0.2) is 30.3 Å². The molecule has 0 aliphatic carbocycles. The summed E-state index contributed by atoms with van der Waals surface area (Å²) < 4.78 is 114. The maximum absolute atomic E-state index is 13.4. The number of benzene rings is 1. The first kappa shape index (κ1) is 21.7. The first-order valence-corrected chi connectivity index (χ1v) is 7.60. The van der Waals surface area contributed by atoms with E-state index in [4.69, 9.17) is 0 Å². The third-order valence-electron chi connectivity index (χ3n) is 3.05. The van der Waals surface area contributed by atoms with Gasteiger partial charge in [-0.25, -0.2) is 0 Å². The fourth-order valence-electron chi connectivity index (χ4n) is 1.62. The van der Waals surface area contributed by atoms with Crippen molar-refractivity contribution in [1.29, 1.82) is 0 Å². The Hall–Kier alpha value is -1.39. The molecule has 1 rings (SSSR count). The molecule has 25 heavy (non-hydrogen) atoms. The van der Waals surface area contributed by atoms with Gasteiger partial charge in [0.05, 0.1) is 6.42 Å². The van der Waals surface area contributed by atoms with Gasteiger partial charge in [0.1, 0.15) is 0 Å². The third kappa shape index (κ3) is 5.55. The molecular weight excluding hydrogens is 387 g/mol.